The number of carbonyl (C=O) groups excluding carboxylic acids is 2. The van der Waals surface area contributed by atoms with Crippen molar-refractivity contribution in [2.45, 2.75) is 13.8 Å². The van der Waals surface area contributed by atoms with Crippen LogP contribution in [0.3, 0.4) is 0 Å². The van der Waals surface area contributed by atoms with Crippen molar-refractivity contribution in [3.63, 3.8) is 0 Å². The Bertz CT molecular complexity index is 467. The Hall–Kier alpha value is -1.89. The molecule has 0 fully saturated rings. The quantitative estimate of drug-likeness (QED) is 0.743. The van der Waals surface area contributed by atoms with Crippen molar-refractivity contribution in [2.24, 2.45) is 0 Å². The Balaban J connectivity index is 2.74. The molecule has 1 heterocycles. The molecule has 6 nitrogen and oxygen atoms in total. The van der Waals surface area contributed by atoms with Crippen LogP contribution in [-0.2, 0) is 9.59 Å². The summed E-state index contributed by atoms with van der Waals surface area (Å²) in [6.07, 6.45) is 0. The van der Waals surface area contributed by atoms with Gasteiger partial charge in [-0.05, 0) is 17.9 Å². The summed E-state index contributed by atoms with van der Waals surface area (Å²) in [5.41, 5.74) is 0.974. The average molecular weight is 256 g/mol. The number of carboxylic acid groups (broad SMARTS) is 1. The van der Waals surface area contributed by atoms with Gasteiger partial charge in [-0.3, -0.25) is 9.59 Å². The van der Waals surface area contributed by atoms with Crippen molar-refractivity contribution in [3.05, 3.63) is 15.8 Å². The van der Waals surface area contributed by atoms with E-state index in [9.17, 15) is 14.4 Å². The molecule has 1 aromatic rings. The zero-order valence-electron chi connectivity index (χ0n) is 9.36. The minimum Gasteiger partial charge on any atom is -0.477 e. The van der Waals surface area contributed by atoms with E-state index in [-0.39, 0.29) is 23.0 Å². The van der Waals surface area contributed by atoms with E-state index >= 15 is 0 Å². The maximum atomic E-state index is 11.4. The fourth-order valence-electron chi connectivity index (χ4n) is 1.15. The second kappa shape index (κ2) is 5.44. The number of carboxylic acids is 1. The van der Waals surface area contributed by atoms with E-state index < -0.39 is 11.9 Å². The Morgan fingerprint density at radius 3 is 2.59 bits per heavy atom. The lowest BCUT2D eigenvalue weighted by Gasteiger charge is -2.06. The summed E-state index contributed by atoms with van der Waals surface area (Å²) in [6, 6.07) is 0. The highest BCUT2D eigenvalue weighted by Gasteiger charge is 2.17. The van der Waals surface area contributed by atoms with Gasteiger partial charge in [-0.2, -0.15) is 0 Å². The molecular formula is C10H12N2O4S. The molecule has 7 heteroatoms. The molecule has 92 valence electrons. The number of thiophene rings is 1. The monoisotopic (exact) mass is 256 g/mol. The number of nitrogens with one attached hydrogen (secondary N) is 2. The van der Waals surface area contributed by atoms with E-state index in [4.69, 9.17) is 5.11 Å². The van der Waals surface area contributed by atoms with Gasteiger partial charge >= 0.3 is 5.97 Å². The van der Waals surface area contributed by atoms with Gasteiger partial charge in [-0.15, -0.1) is 11.3 Å². The van der Waals surface area contributed by atoms with Gasteiger partial charge in [-0.25, -0.2) is 4.79 Å². The van der Waals surface area contributed by atoms with Crippen LogP contribution in [0.25, 0.3) is 0 Å². The zero-order valence-corrected chi connectivity index (χ0v) is 10.2. The summed E-state index contributed by atoms with van der Waals surface area (Å²) in [5.74, 6) is -1.86. The molecule has 0 saturated heterocycles. The van der Waals surface area contributed by atoms with Crippen LogP contribution < -0.4 is 10.6 Å². The predicted octanol–water partition coefficient (Wildman–Crippen LogP) is 0.829. The summed E-state index contributed by atoms with van der Waals surface area (Å²) in [5, 5.41) is 15.4. The van der Waals surface area contributed by atoms with Crippen molar-refractivity contribution < 1.29 is 19.5 Å². The highest BCUT2D eigenvalue weighted by atomic mass is 32.1. The highest BCUT2D eigenvalue weighted by Crippen LogP contribution is 2.27. The number of amides is 2. The molecule has 0 radical (unpaired) electrons. The van der Waals surface area contributed by atoms with Crippen LogP contribution in [0.1, 0.15) is 22.2 Å². The summed E-state index contributed by atoms with van der Waals surface area (Å²) >= 11 is 1.05. The number of hydrogen-bond acceptors (Lipinski definition) is 4. The fraction of sp³-hybridized carbons (Fsp3) is 0.300. The van der Waals surface area contributed by atoms with Crippen molar-refractivity contribution >= 4 is 34.8 Å². The molecule has 17 heavy (non-hydrogen) atoms. The van der Waals surface area contributed by atoms with Crippen molar-refractivity contribution in [3.8, 4) is 0 Å². The predicted molar refractivity (Wildman–Crippen MR) is 63.3 cm³/mol. The number of aryl methyl sites for hydroxylation is 1. The van der Waals surface area contributed by atoms with Gasteiger partial charge in [0.1, 0.15) is 4.88 Å². The van der Waals surface area contributed by atoms with Crippen LogP contribution >= 0.6 is 11.3 Å². The molecule has 0 aromatic carbocycles. The SMILES string of the molecule is CC(=O)NCC(=O)Nc1c(C)csc1C(=O)O. The lowest BCUT2D eigenvalue weighted by atomic mass is 10.2. The molecule has 0 aliphatic rings. The normalized spacial score (nSPS) is 9.76. The van der Waals surface area contributed by atoms with Crippen molar-refractivity contribution in [2.75, 3.05) is 11.9 Å². The van der Waals surface area contributed by atoms with Crippen LogP contribution in [0.2, 0.25) is 0 Å². The Morgan fingerprint density at radius 1 is 1.41 bits per heavy atom. The van der Waals surface area contributed by atoms with E-state index in [1.54, 1.807) is 12.3 Å². The number of hydrogen-bond donors (Lipinski definition) is 3. The first kappa shape index (κ1) is 13.2. The van der Waals surface area contributed by atoms with E-state index in [0.29, 0.717) is 5.56 Å². The maximum Gasteiger partial charge on any atom is 0.348 e. The topological polar surface area (TPSA) is 95.5 Å². The minimum absolute atomic E-state index is 0.0821. The molecule has 1 rings (SSSR count). The van der Waals surface area contributed by atoms with Crippen LogP contribution in [-0.4, -0.2) is 29.4 Å². The molecular weight excluding hydrogens is 244 g/mol. The first-order valence-electron chi connectivity index (χ1n) is 4.77. The van der Waals surface area contributed by atoms with Crippen molar-refractivity contribution in [1.29, 1.82) is 0 Å². The second-order valence-electron chi connectivity index (χ2n) is 3.39. The second-order valence-corrected chi connectivity index (χ2v) is 4.27. The average Bonchev–Trinajstić information content (AvgIpc) is 2.58. The number of anilines is 1. The molecule has 0 atom stereocenters. The number of rotatable bonds is 4. The smallest absolute Gasteiger partial charge is 0.348 e. The number of aromatic carboxylic acids is 1. The van der Waals surface area contributed by atoms with E-state index in [1.165, 1.54) is 6.92 Å². The molecule has 0 unspecified atom stereocenters. The molecule has 0 aliphatic carbocycles. The van der Waals surface area contributed by atoms with Gasteiger partial charge in [0.05, 0.1) is 12.2 Å². The molecule has 0 aliphatic heterocycles. The van der Waals surface area contributed by atoms with Gasteiger partial charge in [0, 0.05) is 6.92 Å². The lowest BCUT2D eigenvalue weighted by molar-refractivity contribution is -0.122. The Morgan fingerprint density at radius 2 is 2.06 bits per heavy atom. The standard InChI is InChI=1S/C10H12N2O4S/c1-5-4-17-9(10(15)16)8(5)12-7(14)3-11-6(2)13/h4H,3H2,1-2H3,(H,11,13)(H,12,14)(H,15,16). The third kappa shape index (κ3) is 3.56. The summed E-state index contributed by atoms with van der Waals surface area (Å²) in [4.78, 5) is 33.0. The Labute approximate surface area is 102 Å². The largest absolute Gasteiger partial charge is 0.477 e. The van der Waals surface area contributed by atoms with Gasteiger partial charge in [0.25, 0.3) is 0 Å². The molecule has 0 bridgehead atoms. The molecule has 2 amide bonds. The summed E-state index contributed by atoms with van der Waals surface area (Å²) < 4.78 is 0. The van der Waals surface area contributed by atoms with E-state index in [0.717, 1.165) is 11.3 Å². The van der Waals surface area contributed by atoms with Crippen LogP contribution in [0.15, 0.2) is 5.38 Å². The van der Waals surface area contributed by atoms with Gasteiger partial charge < -0.3 is 15.7 Å². The molecule has 0 spiro atoms. The van der Waals surface area contributed by atoms with Crippen LogP contribution in [0.5, 0.6) is 0 Å². The zero-order chi connectivity index (χ0) is 13.0. The van der Waals surface area contributed by atoms with Crippen LogP contribution in [0, 0.1) is 6.92 Å². The Kier molecular flexibility index (Phi) is 4.22. The van der Waals surface area contributed by atoms with Crippen molar-refractivity contribution in [1.82, 2.24) is 5.32 Å². The fourth-order valence-corrected chi connectivity index (χ4v) is 1.99. The maximum absolute atomic E-state index is 11.4. The van der Waals surface area contributed by atoms with Crippen LogP contribution in [0.4, 0.5) is 5.69 Å². The molecule has 3 N–H and O–H groups in total. The highest BCUT2D eigenvalue weighted by molar-refractivity contribution is 7.12. The first-order valence-corrected chi connectivity index (χ1v) is 5.65. The van der Waals surface area contributed by atoms with Gasteiger partial charge in [-0.1, -0.05) is 0 Å². The summed E-state index contributed by atoms with van der Waals surface area (Å²) in [6.45, 7) is 2.83. The van der Waals surface area contributed by atoms with Gasteiger partial charge in [0.15, 0.2) is 0 Å². The van der Waals surface area contributed by atoms with E-state index in [2.05, 4.69) is 10.6 Å². The summed E-state index contributed by atoms with van der Waals surface area (Å²) in [7, 11) is 0. The van der Waals surface area contributed by atoms with Gasteiger partial charge in [0.2, 0.25) is 11.8 Å². The first-order chi connectivity index (χ1) is 7.91. The lowest BCUT2D eigenvalue weighted by Crippen LogP contribution is -2.31. The third-order valence-corrected chi connectivity index (χ3v) is 3.02. The molecule has 1 aromatic heterocycles. The molecule has 0 saturated carbocycles. The van der Waals surface area contributed by atoms with E-state index in [1.807, 2.05) is 0 Å². The minimum atomic E-state index is -1.09. The third-order valence-electron chi connectivity index (χ3n) is 1.93. The number of carbonyl (C=O) groups is 3.